The molecule has 0 unspecified atom stereocenters. The number of hydrogen-bond donors (Lipinski definition) is 2. The molecule has 0 aliphatic carbocycles. The van der Waals surface area contributed by atoms with E-state index in [2.05, 4.69) is 22.5 Å². The van der Waals surface area contributed by atoms with Crippen molar-refractivity contribution in [1.82, 2.24) is 20.4 Å². The van der Waals surface area contributed by atoms with Gasteiger partial charge in [-0.2, -0.15) is 0 Å². The highest BCUT2D eigenvalue weighted by molar-refractivity contribution is 5.85. The highest BCUT2D eigenvalue weighted by atomic mass is 35.5. The fourth-order valence-electron chi connectivity index (χ4n) is 3.51. The van der Waals surface area contributed by atoms with Gasteiger partial charge in [-0.3, -0.25) is 14.5 Å². The molecule has 2 fully saturated rings. The molecule has 2 aliphatic heterocycles. The Bertz CT molecular complexity index is 625. The SMILES string of the molecule is C[C@H]1CNCCN1CC(=O)NCc1ccccc1CN1CCCC1=O.Cl. The van der Waals surface area contributed by atoms with Crippen molar-refractivity contribution in [3.63, 3.8) is 0 Å². The largest absolute Gasteiger partial charge is 0.351 e. The number of rotatable bonds is 6. The lowest BCUT2D eigenvalue weighted by Crippen LogP contribution is -2.52. The molecule has 3 rings (SSSR count). The quantitative estimate of drug-likeness (QED) is 0.776. The molecule has 6 nitrogen and oxygen atoms in total. The van der Waals surface area contributed by atoms with E-state index in [1.54, 1.807) is 0 Å². The van der Waals surface area contributed by atoms with Crippen LogP contribution in [0.15, 0.2) is 24.3 Å². The standard InChI is InChI=1S/C19H28N4O2.ClH/c1-15-11-20-8-10-22(15)14-18(24)21-12-16-5-2-3-6-17(16)13-23-9-4-7-19(23)25;/h2-3,5-6,15,20H,4,7-14H2,1H3,(H,21,24);1H/t15-;/m0./s1. The fourth-order valence-corrected chi connectivity index (χ4v) is 3.51. The first kappa shape index (κ1) is 20.7. The predicted octanol–water partition coefficient (Wildman–Crippen LogP) is 1.14. The van der Waals surface area contributed by atoms with Gasteiger partial charge in [0.05, 0.1) is 6.54 Å². The second-order valence-electron chi connectivity index (χ2n) is 6.99. The van der Waals surface area contributed by atoms with Crippen molar-refractivity contribution < 1.29 is 9.59 Å². The summed E-state index contributed by atoms with van der Waals surface area (Å²) < 4.78 is 0. The van der Waals surface area contributed by atoms with Crippen LogP contribution in [0.5, 0.6) is 0 Å². The van der Waals surface area contributed by atoms with E-state index in [9.17, 15) is 9.59 Å². The Labute approximate surface area is 161 Å². The van der Waals surface area contributed by atoms with E-state index < -0.39 is 0 Å². The van der Waals surface area contributed by atoms with Crippen molar-refractivity contribution >= 4 is 24.2 Å². The smallest absolute Gasteiger partial charge is 0.234 e. The molecule has 0 saturated carbocycles. The van der Waals surface area contributed by atoms with E-state index in [4.69, 9.17) is 0 Å². The van der Waals surface area contributed by atoms with E-state index in [1.807, 2.05) is 29.2 Å². The summed E-state index contributed by atoms with van der Waals surface area (Å²) in [6, 6.07) is 8.43. The lowest BCUT2D eigenvalue weighted by Gasteiger charge is -2.33. The van der Waals surface area contributed by atoms with Crippen LogP contribution >= 0.6 is 12.4 Å². The first-order valence-electron chi connectivity index (χ1n) is 9.19. The van der Waals surface area contributed by atoms with Gasteiger partial charge in [0.2, 0.25) is 11.8 Å². The third-order valence-electron chi connectivity index (χ3n) is 5.11. The Kier molecular flexibility index (Phi) is 7.87. The third kappa shape index (κ3) is 5.43. The van der Waals surface area contributed by atoms with Gasteiger partial charge in [-0.25, -0.2) is 0 Å². The van der Waals surface area contributed by atoms with Crippen LogP contribution < -0.4 is 10.6 Å². The minimum absolute atomic E-state index is 0. The summed E-state index contributed by atoms with van der Waals surface area (Å²) in [5.74, 6) is 0.285. The van der Waals surface area contributed by atoms with Crippen LogP contribution in [-0.4, -0.2) is 60.4 Å². The Hall–Kier alpha value is -1.63. The van der Waals surface area contributed by atoms with Crippen LogP contribution in [-0.2, 0) is 22.7 Å². The van der Waals surface area contributed by atoms with Crippen molar-refractivity contribution in [3.05, 3.63) is 35.4 Å². The average Bonchev–Trinajstić information content (AvgIpc) is 3.01. The molecule has 1 atom stereocenters. The number of nitrogens with zero attached hydrogens (tertiary/aromatic N) is 2. The molecule has 2 aliphatic rings. The van der Waals surface area contributed by atoms with Gasteiger partial charge in [-0.1, -0.05) is 24.3 Å². The summed E-state index contributed by atoms with van der Waals surface area (Å²) in [4.78, 5) is 28.3. The number of nitrogens with one attached hydrogen (secondary N) is 2. The molecule has 1 aromatic carbocycles. The number of carbonyl (C=O) groups excluding carboxylic acids is 2. The zero-order chi connectivity index (χ0) is 17.6. The number of hydrogen-bond acceptors (Lipinski definition) is 4. The van der Waals surface area contributed by atoms with Crippen LogP contribution in [0.25, 0.3) is 0 Å². The van der Waals surface area contributed by atoms with Gasteiger partial charge >= 0.3 is 0 Å². The molecule has 26 heavy (non-hydrogen) atoms. The Morgan fingerprint density at radius 3 is 2.73 bits per heavy atom. The lowest BCUT2D eigenvalue weighted by atomic mass is 10.1. The van der Waals surface area contributed by atoms with Gasteiger partial charge in [-0.05, 0) is 24.5 Å². The summed E-state index contributed by atoms with van der Waals surface area (Å²) in [6.45, 7) is 7.33. The van der Waals surface area contributed by atoms with Crippen molar-refractivity contribution in [2.45, 2.75) is 38.9 Å². The molecule has 2 N–H and O–H groups in total. The summed E-state index contributed by atoms with van der Waals surface area (Å²) in [5, 5.41) is 6.37. The molecule has 144 valence electrons. The number of carbonyl (C=O) groups is 2. The summed E-state index contributed by atoms with van der Waals surface area (Å²) >= 11 is 0. The maximum atomic E-state index is 12.3. The minimum atomic E-state index is 0. The molecule has 2 heterocycles. The predicted molar refractivity (Wildman–Crippen MR) is 104 cm³/mol. The number of amides is 2. The second kappa shape index (κ2) is 9.90. The molecule has 2 amide bonds. The molecular weight excluding hydrogens is 352 g/mol. The van der Waals surface area contributed by atoms with E-state index in [0.717, 1.165) is 43.7 Å². The Balaban J connectivity index is 0.00000243. The van der Waals surface area contributed by atoms with Gasteiger partial charge in [0, 0.05) is 51.7 Å². The fraction of sp³-hybridized carbons (Fsp3) is 0.579. The molecule has 0 spiro atoms. The monoisotopic (exact) mass is 380 g/mol. The van der Waals surface area contributed by atoms with Crippen LogP contribution in [0.3, 0.4) is 0 Å². The summed E-state index contributed by atoms with van der Waals surface area (Å²) in [7, 11) is 0. The average molecular weight is 381 g/mol. The van der Waals surface area contributed by atoms with Crippen LogP contribution in [0.2, 0.25) is 0 Å². The van der Waals surface area contributed by atoms with Gasteiger partial charge in [0.15, 0.2) is 0 Å². The second-order valence-corrected chi connectivity index (χ2v) is 6.99. The maximum Gasteiger partial charge on any atom is 0.234 e. The first-order valence-corrected chi connectivity index (χ1v) is 9.19. The lowest BCUT2D eigenvalue weighted by molar-refractivity contribution is -0.128. The summed E-state index contributed by atoms with van der Waals surface area (Å²) in [6.07, 6.45) is 1.60. The highest BCUT2D eigenvalue weighted by Crippen LogP contribution is 2.17. The number of piperazine rings is 1. The molecule has 1 aromatic rings. The van der Waals surface area contributed by atoms with Gasteiger partial charge in [0.25, 0.3) is 0 Å². The molecule has 0 aromatic heterocycles. The van der Waals surface area contributed by atoms with Crippen LogP contribution in [0.4, 0.5) is 0 Å². The molecule has 0 radical (unpaired) electrons. The zero-order valence-electron chi connectivity index (χ0n) is 15.4. The third-order valence-corrected chi connectivity index (χ3v) is 5.11. The number of likely N-dealkylation sites (tertiary alicyclic amines) is 1. The van der Waals surface area contributed by atoms with Gasteiger partial charge in [-0.15, -0.1) is 12.4 Å². The van der Waals surface area contributed by atoms with Crippen LogP contribution in [0.1, 0.15) is 30.9 Å². The molecule has 0 bridgehead atoms. The number of halogens is 1. The maximum absolute atomic E-state index is 12.3. The first-order chi connectivity index (χ1) is 12.1. The van der Waals surface area contributed by atoms with Gasteiger partial charge < -0.3 is 15.5 Å². The summed E-state index contributed by atoms with van der Waals surface area (Å²) in [5.41, 5.74) is 2.21. The van der Waals surface area contributed by atoms with Crippen LogP contribution in [0, 0.1) is 0 Å². The van der Waals surface area contributed by atoms with E-state index in [1.165, 1.54) is 0 Å². The van der Waals surface area contributed by atoms with Crippen molar-refractivity contribution in [2.24, 2.45) is 0 Å². The number of benzene rings is 1. The van der Waals surface area contributed by atoms with Crippen molar-refractivity contribution in [2.75, 3.05) is 32.7 Å². The normalized spacial score (nSPS) is 20.7. The molecular formula is C19H29ClN4O2. The topological polar surface area (TPSA) is 64.7 Å². The van der Waals surface area contributed by atoms with Gasteiger partial charge in [0.1, 0.15) is 0 Å². The Morgan fingerprint density at radius 1 is 1.27 bits per heavy atom. The zero-order valence-corrected chi connectivity index (χ0v) is 16.2. The van der Waals surface area contributed by atoms with E-state index in [0.29, 0.717) is 32.1 Å². The molecule has 2 saturated heterocycles. The Morgan fingerprint density at radius 2 is 2.04 bits per heavy atom. The van der Waals surface area contributed by atoms with E-state index in [-0.39, 0.29) is 24.2 Å². The highest BCUT2D eigenvalue weighted by Gasteiger charge is 2.22. The van der Waals surface area contributed by atoms with Crippen molar-refractivity contribution in [1.29, 1.82) is 0 Å². The van der Waals surface area contributed by atoms with E-state index >= 15 is 0 Å². The van der Waals surface area contributed by atoms with Crippen molar-refractivity contribution in [3.8, 4) is 0 Å². The minimum Gasteiger partial charge on any atom is -0.351 e. The molecule has 7 heteroatoms.